The normalized spacial score (nSPS) is 13.1. The van der Waals surface area contributed by atoms with Gasteiger partial charge in [0.2, 0.25) is 0 Å². The van der Waals surface area contributed by atoms with E-state index < -0.39 is 0 Å². The Balaban J connectivity index is 2.54. The number of benzene rings is 1. The van der Waals surface area contributed by atoms with Gasteiger partial charge in [0.1, 0.15) is 0 Å². The van der Waals surface area contributed by atoms with E-state index in [2.05, 4.69) is 58.1 Å². The molecule has 0 amide bonds. The first-order chi connectivity index (χ1) is 7.50. The molecule has 90 valence electrons. The van der Waals surface area contributed by atoms with Gasteiger partial charge >= 0.3 is 0 Å². The van der Waals surface area contributed by atoms with Gasteiger partial charge < -0.3 is 5.32 Å². The van der Waals surface area contributed by atoms with Crippen LogP contribution in [0, 0.1) is 19.8 Å². The van der Waals surface area contributed by atoms with Crippen molar-refractivity contribution in [2.24, 2.45) is 5.92 Å². The van der Waals surface area contributed by atoms with E-state index in [-0.39, 0.29) is 0 Å². The molecule has 0 saturated carbocycles. The van der Waals surface area contributed by atoms with Crippen LogP contribution in [0.25, 0.3) is 0 Å². The van der Waals surface area contributed by atoms with Crippen molar-refractivity contribution in [3.8, 4) is 0 Å². The summed E-state index contributed by atoms with van der Waals surface area (Å²) < 4.78 is 0. The van der Waals surface area contributed by atoms with Crippen LogP contribution in [0.15, 0.2) is 18.2 Å². The molecule has 0 fully saturated rings. The molecule has 1 heteroatoms. The van der Waals surface area contributed by atoms with Crippen LogP contribution in [0.3, 0.4) is 0 Å². The van der Waals surface area contributed by atoms with Crippen molar-refractivity contribution in [2.45, 2.75) is 53.6 Å². The van der Waals surface area contributed by atoms with Crippen LogP contribution in [-0.4, -0.2) is 6.04 Å². The number of nitrogens with one attached hydrogen (secondary N) is 1. The molecule has 0 bridgehead atoms. The monoisotopic (exact) mass is 219 g/mol. The van der Waals surface area contributed by atoms with Crippen molar-refractivity contribution < 1.29 is 0 Å². The lowest BCUT2D eigenvalue weighted by atomic mass is 10.0. The lowest BCUT2D eigenvalue weighted by molar-refractivity contribution is 0.441. The number of aryl methyl sites for hydroxylation is 2. The summed E-state index contributed by atoms with van der Waals surface area (Å²) in [6.45, 7) is 12.2. The highest BCUT2D eigenvalue weighted by molar-refractivity contribution is 5.33. The Kier molecular flexibility index (Phi) is 5.01. The van der Waals surface area contributed by atoms with Gasteiger partial charge in [-0.1, -0.05) is 32.0 Å². The second kappa shape index (κ2) is 6.05. The quantitative estimate of drug-likeness (QED) is 0.793. The van der Waals surface area contributed by atoms with Crippen molar-refractivity contribution in [1.29, 1.82) is 0 Å². The lowest BCUT2D eigenvalue weighted by Crippen LogP contribution is -2.27. The lowest BCUT2D eigenvalue weighted by Gasteiger charge is -2.18. The van der Waals surface area contributed by atoms with Crippen LogP contribution >= 0.6 is 0 Å². The highest BCUT2D eigenvalue weighted by Crippen LogP contribution is 2.13. The molecule has 1 aromatic carbocycles. The third kappa shape index (κ3) is 3.97. The van der Waals surface area contributed by atoms with Crippen LogP contribution in [0.4, 0.5) is 0 Å². The maximum Gasteiger partial charge on any atom is 0.0213 e. The molecule has 1 atom stereocenters. The van der Waals surface area contributed by atoms with Gasteiger partial charge in [-0.15, -0.1) is 0 Å². The third-order valence-corrected chi connectivity index (χ3v) is 3.10. The second-order valence-corrected chi connectivity index (χ2v) is 5.28. The van der Waals surface area contributed by atoms with Crippen molar-refractivity contribution in [3.05, 3.63) is 34.9 Å². The molecular formula is C15H25N. The van der Waals surface area contributed by atoms with E-state index in [0.29, 0.717) is 6.04 Å². The summed E-state index contributed by atoms with van der Waals surface area (Å²) in [5.41, 5.74) is 4.24. The van der Waals surface area contributed by atoms with E-state index in [1.54, 1.807) is 0 Å². The first-order valence-corrected chi connectivity index (χ1v) is 6.29. The number of hydrogen-bond acceptors (Lipinski definition) is 1. The topological polar surface area (TPSA) is 12.0 Å². The van der Waals surface area contributed by atoms with E-state index >= 15 is 0 Å². The van der Waals surface area contributed by atoms with Crippen molar-refractivity contribution >= 4 is 0 Å². The van der Waals surface area contributed by atoms with E-state index in [9.17, 15) is 0 Å². The summed E-state index contributed by atoms with van der Waals surface area (Å²) >= 11 is 0. The van der Waals surface area contributed by atoms with Gasteiger partial charge in [0, 0.05) is 12.6 Å². The molecule has 0 spiro atoms. The average Bonchev–Trinajstić information content (AvgIpc) is 2.15. The first-order valence-electron chi connectivity index (χ1n) is 6.29. The standard InChI is InChI=1S/C15H25N/c1-11(2)9-14(5)16-10-15-12(3)7-6-8-13(15)4/h6-8,11,14,16H,9-10H2,1-5H3. The van der Waals surface area contributed by atoms with Crippen molar-refractivity contribution in [2.75, 3.05) is 0 Å². The molecule has 1 N–H and O–H groups in total. The Bertz CT molecular complexity index is 308. The molecule has 1 aromatic rings. The van der Waals surface area contributed by atoms with Crippen molar-refractivity contribution in [1.82, 2.24) is 5.32 Å². The number of hydrogen-bond donors (Lipinski definition) is 1. The Hall–Kier alpha value is -0.820. The van der Waals surface area contributed by atoms with Gasteiger partial charge in [-0.2, -0.15) is 0 Å². The molecule has 0 saturated heterocycles. The summed E-state index contributed by atoms with van der Waals surface area (Å²) in [5, 5.41) is 3.61. The molecule has 0 aliphatic heterocycles. The zero-order valence-electron chi connectivity index (χ0n) is 11.3. The highest BCUT2D eigenvalue weighted by Gasteiger charge is 2.06. The molecule has 1 rings (SSSR count). The average molecular weight is 219 g/mol. The van der Waals surface area contributed by atoms with Gasteiger partial charge in [-0.05, 0) is 49.8 Å². The Morgan fingerprint density at radius 1 is 1.06 bits per heavy atom. The maximum absolute atomic E-state index is 3.61. The van der Waals surface area contributed by atoms with Gasteiger partial charge in [-0.25, -0.2) is 0 Å². The largest absolute Gasteiger partial charge is 0.310 e. The van der Waals surface area contributed by atoms with Crippen LogP contribution in [-0.2, 0) is 6.54 Å². The summed E-state index contributed by atoms with van der Waals surface area (Å²) in [6, 6.07) is 7.11. The van der Waals surface area contributed by atoms with Crippen LogP contribution in [0.2, 0.25) is 0 Å². The minimum Gasteiger partial charge on any atom is -0.310 e. The SMILES string of the molecule is Cc1cccc(C)c1CNC(C)CC(C)C. The van der Waals surface area contributed by atoms with E-state index in [0.717, 1.165) is 12.5 Å². The first kappa shape index (κ1) is 13.2. The molecule has 16 heavy (non-hydrogen) atoms. The van der Waals surface area contributed by atoms with Crippen molar-refractivity contribution in [3.63, 3.8) is 0 Å². The van der Waals surface area contributed by atoms with Crippen LogP contribution in [0.1, 0.15) is 43.9 Å². The molecular weight excluding hydrogens is 194 g/mol. The molecule has 0 radical (unpaired) electrons. The Morgan fingerprint density at radius 3 is 2.12 bits per heavy atom. The van der Waals surface area contributed by atoms with Crippen LogP contribution in [0.5, 0.6) is 0 Å². The molecule has 1 unspecified atom stereocenters. The van der Waals surface area contributed by atoms with E-state index in [1.807, 2.05) is 0 Å². The molecule has 0 heterocycles. The highest BCUT2D eigenvalue weighted by atomic mass is 14.9. The fourth-order valence-electron chi connectivity index (χ4n) is 2.19. The van der Waals surface area contributed by atoms with E-state index in [4.69, 9.17) is 0 Å². The third-order valence-electron chi connectivity index (χ3n) is 3.10. The summed E-state index contributed by atoms with van der Waals surface area (Å²) in [6.07, 6.45) is 1.24. The predicted molar refractivity (Wildman–Crippen MR) is 71.7 cm³/mol. The Morgan fingerprint density at radius 2 is 1.62 bits per heavy atom. The molecule has 0 aromatic heterocycles. The smallest absolute Gasteiger partial charge is 0.0213 e. The van der Waals surface area contributed by atoms with Crippen LogP contribution < -0.4 is 5.32 Å². The molecule has 1 nitrogen and oxygen atoms in total. The maximum atomic E-state index is 3.61. The van der Waals surface area contributed by atoms with E-state index in [1.165, 1.54) is 23.1 Å². The zero-order valence-corrected chi connectivity index (χ0v) is 11.3. The fraction of sp³-hybridized carbons (Fsp3) is 0.600. The zero-order chi connectivity index (χ0) is 12.1. The fourth-order valence-corrected chi connectivity index (χ4v) is 2.19. The van der Waals surface area contributed by atoms with Gasteiger partial charge in [0.15, 0.2) is 0 Å². The summed E-state index contributed by atoms with van der Waals surface area (Å²) in [7, 11) is 0. The van der Waals surface area contributed by atoms with Gasteiger partial charge in [0.25, 0.3) is 0 Å². The second-order valence-electron chi connectivity index (χ2n) is 5.28. The predicted octanol–water partition coefficient (Wildman–Crippen LogP) is 3.83. The molecule has 0 aliphatic carbocycles. The Labute approximate surface area is 100 Å². The minimum absolute atomic E-state index is 0.596. The van der Waals surface area contributed by atoms with Gasteiger partial charge in [-0.3, -0.25) is 0 Å². The molecule has 0 aliphatic rings. The number of rotatable bonds is 5. The van der Waals surface area contributed by atoms with Gasteiger partial charge in [0.05, 0.1) is 0 Å². The summed E-state index contributed by atoms with van der Waals surface area (Å²) in [5.74, 6) is 0.764. The minimum atomic E-state index is 0.596. The summed E-state index contributed by atoms with van der Waals surface area (Å²) in [4.78, 5) is 0.